The van der Waals surface area contributed by atoms with Crippen LogP contribution in [0.3, 0.4) is 0 Å². The molecule has 0 aromatic heterocycles. The van der Waals surface area contributed by atoms with E-state index in [2.05, 4.69) is 28.7 Å². The predicted octanol–water partition coefficient (Wildman–Crippen LogP) is 5.91. The van der Waals surface area contributed by atoms with Gasteiger partial charge in [-0.05, 0) is 65.3 Å². The highest BCUT2D eigenvalue weighted by atomic mass is 127. The van der Waals surface area contributed by atoms with Crippen molar-refractivity contribution < 1.29 is 9.53 Å². The standard InChI is InChI=1S/C24H20Cl2IN3O2/c1-30-19-3-2-4-20(31)23(19)22(16(11-28)24(30)29)13-6-8-21(18(27)9-13)32-12-14-5-7-15(25)10-17(14)26/h5-10,22H,2-4,12,29H2,1H3/t22-/m1/s1. The van der Waals surface area contributed by atoms with Gasteiger partial charge in [0, 0.05) is 40.3 Å². The molecule has 5 nitrogen and oxygen atoms in total. The summed E-state index contributed by atoms with van der Waals surface area (Å²) in [5, 5.41) is 11.0. The van der Waals surface area contributed by atoms with Crippen molar-refractivity contribution in [3.8, 4) is 11.8 Å². The number of carbonyl (C=O) groups is 1. The lowest BCUT2D eigenvalue weighted by molar-refractivity contribution is -0.116. The number of benzene rings is 2. The molecule has 2 aromatic rings. The van der Waals surface area contributed by atoms with E-state index in [1.54, 1.807) is 17.0 Å². The Kier molecular flexibility index (Phi) is 6.70. The van der Waals surface area contributed by atoms with Crippen molar-refractivity contribution in [3.05, 3.63) is 83.8 Å². The number of ether oxygens (including phenoxy) is 1. The Balaban J connectivity index is 1.67. The molecule has 0 spiro atoms. The number of carbonyl (C=O) groups excluding carboxylic acids is 1. The van der Waals surface area contributed by atoms with Gasteiger partial charge in [0.05, 0.1) is 21.1 Å². The molecule has 1 atom stereocenters. The van der Waals surface area contributed by atoms with E-state index in [1.807, 2.05) is 31.3 Å². The van der Waals surface area contributed by atoms with Crippen LogP contribution in [0.1, 0.15) is 36.3 Å². The average Bonchev–Trinajstić information content (AvgIpc) is 2.76. The zero-order chi connectivity index (χ0) is 23.0. The maximum atomic E-state index is 12.9. The van der Waals surface area contributed by atoms with Gasteiger partial charge in [-0.1, -0.05) is 35.3 Å². The van der Waals surface area contributed by atoms with Gasteiger partial charge in [0.2, 0.25) is 0 Å². The first-order chi connectivity index (χ1) is 15.3. The first kappa shape index (κ1) is 23.0. The maximum Gasteiger partial charge on any atom is 0.161 e. The Bertz CT molecular complexity index is 1220. The van der Waals surface area contributed by atoms with E-state index < -0.39 is 5.92 Å². The SMILES string of the molecule is CN1C(N)=C(C#N)[C@@H](c2ccc(OCc3ccc(Cl)cc3Cl)c(I)c2)C2=C1CCCC2=O. The topological polar surface area (TPSA) is 79.3 Å². The van der Waals surface area contributed by atoms with Gasteiger partial charge in [-0.2, -0.15) is 5.26 Å². The number of allylic oxidation sites excluding steroid dienone is 3. The minimum absolute atomic E-state index is 0.0797. The van der Waals surface area contributed by atoms with Gasteiger partial charge in [0.25, 0.3) is 0 Å². The number of hydrogen-bond donors (Lipinski definition) is 1. The van der Waals surface area contributed by atoms with Gasteiger partial charge in [0.1, 0.15) is 18.2 Å². The molecule has 1 aliphatic heterocycles. The second kappa shape index (κ2) is 9.34. The van der Waals surface area contributed by atoms with Crippen molar-refractivity contribution in [3.63, 3.8) is 0 Å². The Morgan fingerprint density at radius 3 is 2.72 bits per heavy atom. The van der Waals surface area contributed by atoms with Crippen LogP contribution in [0.25, 0.3) is 0 Å². The third-order valence-electron chi connectivity index (χ3n) is 5.86. The molecular formula is C24H20Cl2IN3O2. The van der Waals surface area contributed by atoms with Crippen LogP contribution in [-0.2, 0) is 11.4 Å². The number of ketones is 1. The minimum Gasteiger partial charge on any atom is -0.488 e. The van der Waals surface area contributed by atoms with Crippen LogP contribution in [0, 0.1) is 14.9 Å². The van der Waals surface area contributed by atoms with E-state index in [0.29, 0.717) is 45.8 Å². The van der Waals surface area contributed by atoms with Crippen LogP contribution in [0.4, 0.5) is 0 Å². The maximum absolute atomic E-state index is 12.9. The highest BCUT2D eigenvalue weighted by Gasteiger charge is 2.38. The number of halogens is 3. The molecule has 0 unspecified atom stereocenters. The molecule has 2 aliphatic rings. The van der Waals surface area contributed by atoms with Crippen molar-refractivity contribution in [2.24, 2.45) is 5.73 Å². The highest BCUT2D eigenvalue weighted by Crippen LogP contribution is 2.44. The monoisotopic (exact) mass is 579 g/mol. The van der Waals surface area contributed by atoms with Gasteiger partial charge < -0.3 is 15.4 Å². The van der Waals surface area contributed by atoms with Crippen LogP contribution < -0.4 is 10.5 Å². The third kappa shape index (κ3) is 4.21. The first-order valence-corrected chi connectivity index (χ1v) is 11.9. The summed E-state index contributed by atoms with van der Waals surface area (Å²) in [6.45, 7) is 0.295. The average molecular weight is 580 g/mol. The third-order valence-corrected chi connectivity index (χ3v) is 7.29. The molecule has 0 bridgehead atoms. The summed E-state index contributed by atoms with van der Waals surface area (Å²) in [4.78, 5) is 14.7. The zero-order valence-corrected chi connectivity index (χ0v) is 21.0. The van der Waals surface area contributed by atoms with E-state index in [4.69, 9.17) is 33.7 Å². The van der Waals surface area contributed by atoms with E-state index in [0.717, 1.165) is 33.2 Å². The second-order valence-electron chi connectivity index (χ2n) is 7.75. The fraction of sp³-hybridized carbons (Fsp3) is 0.250. The van der Waals surface area contributed by atoms with Crippen LogP contribution >= 0.6 is 45.8 Å². The van der Waals surface area contributed by atoms with Crippen molar-refractivity contribution in [2.75, 3.05) is 7.05 Å². The number of Topliss-reactive ketones (excluding diaryl/α,β-unsaturated/α-hetero) is 1. The van der Waals surface area contributed by atoms with E-state index >= 15 is 0 Å². The molecule has 1 aliphatic carbocycles. The normalized spacial score (nSPS) is 18.5. The smallest absolute Gasteiger partial charge is 0.161 e. The van der Waals surface area contributed by atoms with Crippen LogP contribution in [-0.4, -0.2) is 17.7 Å². The van der Waals surface area contributed by atoms with E-state index in [1.165, 1.54) is 0 Å². The molecule has 164 valence electrons. The summed E-state index contributed by atoms with van der Waals surface area (Å²) in [7, 11) is 1.82. The summed E-state index contributed by atoms with van der Waals surface area (Å²) in [5.41, 5.74) is 9.98. The predicted molar refractivity (Wildman–Crippen MR) is 133 cm³/mol. The van der Waals surface area contributed by atoms with E-state index in [-0.39, 0.29) is 5.78 Å². The molecule has 2 N–H and O–H groups in total. The van der Waals surface area contributed by atoms with Gasteiger partial charge in [-0.3, -0.25) is 4.79 Å². The molecule has 0 radical (unpaired) electrons. The molecule has 1 heterocycles. The molecular weight excluding hydrogens is 560 g/mol. The summed E-state index contributed by atoms with van der Waals surface area (Å²) < 4.78 is 6.85. The lowest BCUT2D eigenvalue weighted by Gasteiger charge is -2.37. The summed E-state index contributed by atoms with van der Waals surface area (Å²) >= 11 is 14.4. The highest BCUT2D eigenvalue weighted by molar-refractivity contribution is 14.1. The Hall–Kier alpha value is -2.21. The van der Waals surface area contributed by atoms with Crippen LogP contribution in [0.2, 0.25) is 10.0 Å². The lowest BCUT2D eigenvalue weighted by atomic mass is 9.76. The van der Waals surface area contributed by atoms with Crippen LogP contribution in [0.5, 0.6) is 5.75 Å². The lowest BCUT2D eigenvalue weighted by Crippen LogP contribution is -2.36. The summed E-state index contributed by atoms with van der Waals surface area (Å²) in [5.74, 6) is 0.704. The molecule has 32 heavy (non-hydrogen) atoms. The van der Waals surface area contributed by atoms with Gasteiger partial charge >= 0.3 is 0 Å². The van der Waals surface area contributed by atoms with Gasteiger partial charge in [-0.15, -0.1) is 0 Å². The Morgan fingerprint density at radius 2 is 2.03 bits per heavy atom. The molecule has 0 fully saturated rings. The van der Waals surface area contributed by atoms with Gasteiger partial charge in [-0.25, -0.2) is 0 Å². The molecule has 8 heteroatoms. The van der Waals surface area contributed by atoms with Gasteiger partial charge in [0.15, 0.2) is 5.78 Å². The van der Waals surface area contributed by atoms with Crippen molar-refractivity contribution in [1.29, 1.82) is 5.26 Å². The molecule has 0 amide bonds. The summed E-state index contributed by atoms with van der Waals surface area (Å²) in [6.07, 6.45) is 2.05. The van der Waals surface area contributed by atoms with Crippen molar-refractivity contribution in [2.45, 2.75) is 31.8 Å². The fourth-order valence-electron chi connectivity index (χ4n) is 4.20. The molecule has 2 aromatic carbocycles. The number of nitrogens with zero attached hydrogens (tertiary/aromatic N) is 2. The quantitative estimate of drug-likeness (QED) is 0.456. The first-order valence-electron chi connectivity index (χ1n) is 10.1. The summed E-state index contributed by atoms with van der Waals surface area (Å²) in [6, 6.07) is 13.2. The number of rotatable bonds is 4. The molecule has 0 saturated carbocycles. The Labute approximate surface area is 210 Å². The zero-order valence-electron chi connectivity index (χ0n) is 17.3. The molecule has 0 saturated heterocycles. The van der Waals surface area contributed by atoms with Crippen molar-refractivity contribution >= 4 is 51.6 Å². The number of nitriles is 1. The van der Waals surface area contributed by atoms with Crippen molar-refractivity contribution in [1.82, 2.24) is 4.90 Å². The second-order valence-corrected chi connectivity index (χ2v) is 9.76. The van der Waals surface area contributed by atoms with E-state index in [9.17, 15) is 10.1 Å². The number of hydrogen-bond acceptors (Lipinski definition) is 5. The largest absolute Gasteiger partial charge is 0.488 e. The number of nitrogens with two attached hydrogens (primary N) is 1. The fourth-order valence-corrected chi connectivity index (χ4v) is 5.36. The minimum atomic E-state index is -0.465. The molecule has 4 rings (SSSR count). The van der Waals surface area contributed by atoms with Crippen LogP contribution in [0.15, 0.2) is 59.1 Å². The Morgan fingerprint density at radius 1 is 1.25 bits per heavy atom.